The Kier molecular flexibility index (Phi) is 3.93. The van der Waals surface area contributed by atoms with Gasteiger partial charge in [0.05, 0.1) is 10.5 Å². The van der Waals surface area contributed by atoms with E-state index in [2.05, 4.69) is 5.10 Å². The number of nitrogens with two attached hydrogens (primary N) is 1. The van der Waals surface area contributed by atoms with Crippen LogP contribution in [0.1, 0.15) is 19.4 Å². The second-order valence-corrected chi connectivity index (χ2v) is 5.35. The SMILES string of the molecule is CC(C)Cc1c(-c2cc(F)ccc2[N+](=O)[O-])nn(C)c1N. The van der Waals surface area contributed by atoms with E-state index in [1.54, 1.807) is 7.05 Å². The second-order valence-electron chi connectivity index (χ2n) is 5.35. The molecule has 0 radical (unpaired) electrons. The van der Waals surface area contributed by atoms with Gasteiger partial charge in [0.25, 0.3) is 5.69 Å². The molecule has 0 saturated carbocycles. The van der Waals surface area contributed by atoms with Gasteiger partial charge in [0.2, 0.25) is 0 Å². The van der Waals surface area contributed by atoms with Crippen LogP contribution >= 0.6 is 0 Å². The molecule has 0 amide bonds. The number of rotatable bonds is 4. The van der Waals surface area contributed by atoms with Gasteiger partial charge in [-0.1, -0.05) is 13.8 Å². The monoisotopic (exact) mass is 292 g/mol. The average Bonchev–Trinajstić information content (AvgIpc) is 2.66. The molecule has 2 rings (SSSR count). The number of nitro groups is 1. The molecule has 1 aromatic carbocycles. The zero-order valence-electron chi connectivity index (χ0n) is 12.1. The fourth-order valence-electron chi connectivity index (χ4n) is 2.26. The molecule has 0 unspecified atom stereocenters. The topological polar surface area (TPSA) is 87.0 Å². The number of nitro benzene ring substituents is 1. The summed E-state index contributed by atoms with van der Waals surface area (Å²) in [5.41, 5.74) is 7.04. The fraction of sp³-hybridized carbons (Fsp3) is 0.357. The number of anilines is 1. The van der Waals surface area contributed by atoms with Crippen LogP contribution in [0.4, 0.5) is 15.9 Å². The Labute approximate surface area is 121 Å². The van der Waals surface area contributed by atoms with Crippen molar-refractivity contribution in [3.63, 3.8) is 0 Å². The van der Waals surface area contributed by atoms with Crippen molar-refractivity contribution in [2.75, 3.05) is 5.73 Å². The van der Waals surface area contributed by atoms with E-state index in [4.69, 9.17) is 5.73 Å². The highest BCUT2D eigenvalue weighted by atomic mass is 19.1. The maximum absolute atomic E-state index is 13.5. The maximum Gasteiger partial charge on any atom is 0.279 e. The largest absolute Gasteiger partial charge is 0.384 e. The van der Waals surface area contributed by atoms with E-state index in [1.807, 2.05) is 13.8 Å². The summed E-state index contributed by atoms with van der Waals surface area (Å²) in [6.07, 6.45) is 0.614. The first-order valence-electron chi connectivity index (χ1n) is 6.57. The molecule has 0 atom stereocenters. The van der Waals surface area contributed by atoms with Crippen LogP contribution in [0.2, 0.25) is 0 Å². The van der Waals surface area contributed by atoms with E-state index in [0.717, 1.165) is 18.2 Å². The fourth-order valence-corrected chi connectivity index (χ4v) is 2.26. The summed E-state index contributed by atoms with van der Waals surface area (Å²) in [6, 6.07) is 3.34. The maximum atomic E-state index is 13.5. The molecule has 21 heavy (non-hydrogen) atoms. The van der Waals surface area contributed by atoms with Gasteiger partial charge in [0, 0.05) is 18.7 Å². The predicted octanol–water partition coefficient (Wildman–Crippen LogP) is 2.92. The molecular weight excluding hydrogens is 275 g/mol. The van der Waals surface area contributed by atoms with Crippen molar-refractivity contribution in [1.29, 1.82) is 0 Å². The van der Waals surface area contributed by atoms with Crippen LogP contribution in [0, 0.1) is 21.8 Å². The van der Waals surface area contributed by atoms with Crippen molar-refractivity contribution in [2.24, 2.45) is 13.0 Å². The van der Waals surface area contributed by atoms with Crippen LogP contribution in [-0.2, 0) is 13.5 Å². The van der Waals surface area contributed by atoms with Crippen molar-refractivity contribution in [2.45, 2.75) is 20.3 Å². The number of hydrogen-bond acceptors (Lipinski definition) is 4. The van der Waals surface area contributed by atoms with E-state index >= 15 is 0 Å². The van der Waals surface area contributed by atoms with Gasteiger partial charge in [0.15, 0.2) is 0 Å². The Morgan fingerprint density at radius 1 is 1.48 bits per heavy atom. The summed E-state index contributed by atoms with van der Waals surface area (Å²) in [5.74, 6) is 0.190. The first kappa shape index (κ1) is 15.0. The van der Waals surface area contributed by atoms with Gasteiger partial charge in [-0.2, -0.15) is 5.10 Å². The number of nitrogens with zero attached hydrogens (tertiary/aromatic N) is 3. The minimum absolute atomic E-state index is 0.156. The third kappa shape index (κ3) is 2.86. The summed E-state index contributed by atoms with van der Waals surface area (Å²) in [7, 11) is 1.66. The van der Waals surface area contributed by atoms with Gasteiger partial charge in [-0.15, -0.1) is 0 Å². The van der Waals surface area contributed by atoms with Crippen LogP contribution in [-0.4, -0.2) is 14.7 Å². The lowest BCUT2D eigenvalue weighted by atomic mass is 9.98. The number of aryl methyl sites for hydroxylation is 1. The molecule has 6 nitrogen and oxygen atoms in total. The quantitative estimate of drug-likeness (QED) is 0.693. The van der Waals surface area contributed by atoms with E-state index in [1.165, 1.54) is 4.68 Å². The van der Waals surface area contributed by atoms with E-state index in [-0.39, 0.29) is 11.3 Å². The molecule has 0 aliphatic heterocycles. The van der Waals surface area contributed by atoms with Gasteiger partial charge < -0.3 is 5.73 Å². The van der Waals surface area contributed by atoms with Crippen molar-refractivity contribution >= 4 is 11.5 Å². The molecule has 0 aliphatic rings. The van der Waals surface area contributed by atoms with Gasteiger partial charge in [-0.25, -0.2) is 4.39 Å². The Morgan fingerprint density at radius 2 is 2.14 bits per heavy atom. The van der Waals surface area contributed by atoms with Crippen LogP contribution in [0.15, 0.2) is 18.2 Å². The lowest BCUT2D eigenvalue weighted by Gasteiger charge is -2.07. The predicted molar refractivity (Wildman–Crippen MR) is 78.2 cm³/mol. The van der Waals surface area contributed by atoms with E-state index in [9.17, 15) is 14.5 Å². The molecule has 0 fully saturated rings. The highest BCUT2D eigenvalue weighted by Gasteiger charge is 2.24. The Bertz CT molecular complexity index is 695. The highest BCUT2D eigenvalue weighted by molar-refractivity contribution is 5.76. The molecule has 1 heterocycles. The molecule has 0 bridgehead atoms. The third-order valence-corrected chi connectivity index (χ3v) is 3.22. The molecule has 0 spiro atoms. The molecule has 0 aliphatic carbocycles. The zero-order chi connectivity index (χ0) is 15.7. The standard InChI is InChI=1S/C14H17FN4O2/c1-8(2)6-11-13(17-18(3)14(11)16)10-7-9(15)4-5-12(10)19(20)21/h4-5,7-8H,6,16H2,1-3H3. The number of hydrogen-bond donors (Lipinski definition) is 1. The van der Waals surface area contributed by atoms with Crippen LogP contribution in [0.25, 0.3) is 11.3 Å². The summed E-state index contributed by atoms with van der Waals surface area (Å²) in [5, 5.41) is 15.4. The molecule has 112 valence electrons. The first-order chi connectivity index (χ1) is 9.81. The van der Waals surface area contributed by atoms with E-state index in [0.29, 0.717) is 29.4 Å². The van der Waals surface area contributed by atoms with Gasteiger partial charge in [-0.05, 0) is 24.5 Å². The lowest BCUT2D eigenvalue weighted by molar-refractivity contribution is -0.384. The molecule has 7 heteroatoms. The van der Waals surface area contributed by atoms with E-state index < -0.39 is 10.7 Å². The lowest BCUT2D eigenvalue weighted by Crippen LogP contribution is -2.02. The molecule has 2 N–H and O–H groups in total. The van der Waals surface area contributed by atoms with Crippen molar-refractivity contribution in [3.05, 3.63) is 39.7 Å². The molecule has 2 aromatic rings. The average molecular weight is 292 g/mol. The first-order valence-corrected chi connectivity index (χ1v) is 6.57. The minimum atomic E-state index is -0.546. The number of nitrogen functional groups attached to an aromatic ring is 1. The van der Waals surface area contributed by atoms with Crippen LogP contribution in [0.3, 0.4) is 0 Å². The summed E-state index contributed by atoms with van der Waals surface area (Å²) < 4.78 is 15.0. The van der Waals surface area contributed by atoms with Gasteiger partial charge in [-0.3, -0.25) is 14.8 Å². The van der Waals surface area contributed by atoms with Crippen molar-refractivity contribution in [3.8, 4) is 11.3 Å². The molecular formula is C14H17FN4O2. The minimum Gasteiger partial charge on any atom is -0.384 e. The summed E-state index contributed by atoms with van der Waals surface area (Å²) >= 11 is 0. The number of aromatic nitrogens is 2. The van der Waals surface area contributed by atoms with Crippen LogP contribution in [0.5, 0.6) is 0 Å². The zero-order valence-corrected chi connectivity index (χ0v) is 12.1. The number of halogens is 1. The Hall–Kier alpha value is -2.44. The Balaban J connectivity index is 2.69. The smallest absolute Gasteiger partial charge is 0.279 e. The molecule has 0 saturated heterocycles. The van der Waals surface area contributed by atoms with Crippen molar-refractivity contribution < 1.29 is 9.31 Å². The summed E-state index contributed by atoms with van der Waals surface area (Å²) in [4.78, 5) is 10.6. The van der Waals surface area contributed by atoms with Gasteiger partial charge >= 0.3 is 0 Å². The summed E-state index contributed by atoms with van der Waals surface area (Å²) in [6.45, 7) is 4.02. The van der Waals surface area contributed by atoms with Gasteiger partial charge in [0.1, 0.15) is 17.3 Å². The van der Waals surface area contributed by atoms with Crippen molar-refractivity contribution in [1.82, 2.24) is 9.78 Å². The second kappa shape index (κ2) is 5.51. The normalized spacial score (nSPS) is 11.1. The third-order valence-electron chi connectivity index (χ3n) is 3.22. The highest BCUT2D eigenvalue weighted by Crippen LogP contribution is 2.35. The Morgan fingerprint density at radius 3 is 2.71 bits per heavy atom. The molecule has 1 aromatic heterocycles. The number of benzene rings is 1. The van der Waals surface area contributed by atoms with Crippen LogP contribution < -0.4 is 5.73 Å².